The number of carboxylic acid groups (broad SMARTS) is 1. The Labute approximate surface area is 199 Å². The third kappa shape index (κ3) is 11.3. The highest BCUT2D eigenvalue weighted by atomic mass is 19.1. The number of carbonyl (C=O) groups is 2. The van der Waals surface area contributed by atoms with Crippen molar-refractivity contribution in [3.05, 3.63) is 47.5 Å². The molecule has 2 aromatic carbocycles. The lowest BCUT2D eigenvalue weighted by Gasteiger charge is -2.10. The zero-order valence-electron chi connectivity index (χ0n) is 18.9. The van der Waals surface area contributed by atoms with Gasteiger partial charge in [0.2, 0.25) is 0 Å². The van der Waals surface area contributed by atoms with Gasteiger partial charge in [-0.1, -0.05) is 0 Å². The minimum absolute atomic E-state index is 0.0600. The van der Waals surface area contributed by atoms with Crippen molar-refractivity contribution in [1.82, 2.24) is 0 Å². The van der Waals surface area contributed by atoms with Crippen LogP contribution in [0, 0.1) is 0 Å². The summed E-state index contributed by atoms with van der Waals surface area (Å²) in [7, 11) is 1.24. The number of halogens is 4. The van der Waals surface area contributed by atoms with Gasteiger partial charge in [0, 0.05) is 12.1 Å². The van der Waals surface area contributed by atoms with Crippen LogP contribution >= 0.6 is 0 Å². The Morgan fingerprint density at radius 2 is 0.943 bits per heavy atom. The summed E-state index contributed by atoms with van der Waals surface area (Å²) < 4.78 is 72.4. The van der Waals surface area contributed by atoms with Crippen LogP contribution in [0.1, 0.15) is 20.7 Å². The molecular formula is C23H26F4O8. The molecule has 0 unspecified atom stereocenters. The van der Waals surface area contributed by atoms with Crippen LogP contribution in [0.2, 0.25) is 0 Å². The van der Waals surface area contributed by atoms with Crippen LogP contribution in [-0.2, 0) is 4.74 Å². The first kappa shape index (κ1) is 29.3. The Kier molecular flexibility index (Phi) is 14.1. The van der Waals surface area contributed by atoms with Crippen molar-refractivity contribution in [1.29, 1.82) is 0 Å². The van der Waals surface area contributed by atoms with Gasteiger partial charge in [0.1, 0.15) is 76.1 Å². The van der Waals surface area contributed by atoms with E-state index < -0.39 is 38.6 Å². The van der Waals surface area contributed by atoms with Gasteiger partial charge >= 0.3 is 11.9 Å². The number of carboxylic acids is 1. The van der Waals surface area contributed by atoms with Crippen LogP contribution in [0.15, 0.2) is 36.4 Å². The Bertz CT molecular complexity index is 874. The van der Waals surface area contributed by atoms with Gasteiger partial charge in [0.15, 0.2) is 0 Å². The van der Waals surface area contributed by atoms with Crippen LogP contribution in [0.25, 0.3) is 0 Å². The predicted molar refractivity (Wildman–Crippen MR) is 117 cm³/mol. The first-order valence-corrected chi connectivity index (χ1v) is 10.2. The first-order valence-electron chi connectivity index (χ1n) is 10.2. The van der Waals surface area contributed by atoms with Crippen molar-refractivity contribution < 1.29 is 55.9 Å². The number of benzene rings is 2. The molecule has 0 aliphatic heterocycles. The highest BCUT2D eigenvalue weighted by Crippen LogP contribution is 2.24. The number of aromatic carboxylic acids is 1. The average Bonchev–Trinajstić information content (AvgIpc) is 2.87. The third-order valence-corrected chi connectivity index (χ3v) is 3.81. The summed E-state index contributed by atoms with van der Waals surface area (Å²) >= 11 is 0. The topological polar surface area (TPSA) is 101 Å². The lowest BCUT2D eigenvalue weighted by atomic mass is 10.2. The lowest BCUT2D eigenvalue weighted by molar-refractivity contribution is 0.0598. The molecule has 0 aromatic heterocycles. The summed E-state index contributed by atoms with van der Waals surface area (Å²) in [4.78, 5) is 22.2. The summed E-state index contributed by atoms with van der Waals surface area (Å²) in [6.45, 7) is -3.28. The Morgan fingerprint density at radius 3 is 1.20 bits per heavy atom. The molecule has 12 heteroatoms. The fourth-order valence-corrected chi connectivity index (χ4v) is 2.46. The molecule has 0 bridgehead atoms. The molecule has 0 atom stereocenters. The van der Waals surface area contributed by atoms with E-state index in [-0.39, 0.29) is 60.6 Å². The minimum atomic E-state index is -1.17. The fraction of sp³-hybridized carbons (Fsp3) is 0.391. The Hall–Kier alpha value is -3.70. The number of carbonyl (C=O) groups excluding carboxylic acids is 1. The molecule has 0 amide bonds. The molecular weight excluding hydrogens is 480 g/mol. The molecule has 0 saturated heterocycles. The normalized spacial score (nSPS) is 9.97. The van der Waals surface area contributed by atoms with E-state index in [0.717, 1.165) is 0 Å². The smallest absolute Gasteiger partial charge is 0.338 e. The summed E-state index contributed by atoms with van der Waals surface area (Å²) in [6, 6.07) is 8.16. The molecule has 35 heavy (non-hydrogen) atoms. The van der Waals surface area contributed by atoms with Crippen molar-refractivity contribution in [3.8, 4) is 23.0 Å². The second kappa shape index (κ2) is 16.8. The highest BCUT2D eigenvalue weighted by molar-refractivity contribution is 5.90. The van der Waals surface area contributed by atoms with Gasteiger partial charge < -0.3 is 28.8 Å². The molecule has 2 aromatic rings. The average molecular weight is 506 g/mol. The van der Waals surface area contributed by atoms with Gasteiger partial charge in [-0.25, -0.2) is 27.2 Å². The summed E-state index contributed by atoms with van der Waals surface area (Å²) in [5.74, 6) is -0.853. The van der Waals surface area contributed by atoms with Gasteiger partial charge in [-0.2, -0.15) is 0 Å². The summed E-state index contributed by atoms with van der Waals surface area (Å²) in [6.07, 6.45) is 0. The SMILES string of the molecule is COC(=O)c1cc(OCCF)cc(OCCF)c1.O=C(O)c1cc(OCCF)cc(OCCF)c1. The van der Waals surface area contributed by atoms with E-state index in [9.17, 15) is 27.2 Å². The van der Waals surface area contributed by atoms with E-state index in [1.165, 1.54) is 43.5 Å². The van der Waals surface area contributed by atoms with E-state index in [2.05, 4.69) is 4.74 Å². The number of hydrogen-bond donors (Lipinski definition) is 1. The maximum atomic E-state index is 12.0. The quantitative estimate of drug-likeness (QED) is 0.300. The largest absolute Gasteiger partial charge is 0.491 e. The molecule has 2 rings (SSSR count). The second-order valence-electron chi connectivity index (χ2n) is 6.33. The molecule has 194 valence electrons. The molecule has 0 fully saturated rings. The van der Waals surface area contributed by atoms with Crippen LogP contribution in [0.3, 0.4) is 0 Å². The zero-order chi connectivity index (χ0) is 26.1. The molecule has 8 nitrogen and oxygen atoms in total. The number of hydrogen-bond acceptors (Lipinski definition) is 7. The zero-order valence-corrected chi connectivity index (χ0v) is 18.9. The van der Waals surface area contributed by atoms with Gasteiger partial charge in [-0.3, -0.25) is 0 Å². The van der Waals surface area contributed by atoms with E-state index in [1.807, 2.05) is 0 Å². The lowest BCUT2D eigenvalue weighted by Crippen LogP contribution is -2.06. The molecule has 0 spiro atoms. The predicted octanol–water partition coefficient (Wildman–Crippen LogP) is 4.25. The van der Waals surface area contributed by atoms with Crippen molar-refractivity contribution in [2.45, 2.75) is 0 Å². The number of rotatable bonds is 14. The molecule has 0 radical (unpaired) electrons. The first-order chi connectivity index (χ1) is 16.9. The molecule has 1 N–H and O–H groups in total. The van der Waals surface area contributed by atoms with Crippen LogP contribution < -0.4 is 18.9 Å². The van der Waals surface area contributed by atoms with Crippen molar-refractivity contribution in [3.63, 3.8) is 0 Å². The standard InChI is InChI=1S/C12H14F2O4.C11H12F2O4/c1-16-12(15)9-6-10(17-4-2-13)8-11(7-9)18-5-3-14;12-1-3-16-9-5-8(11(14)15)6-10(7-9)17-4-2-13/h6-8H,2-5H2,1H3;5-7H,1-4H2,(H,14,15). The Morgan fingerprint density at radius 1 is 0.629 bits per heavy atom. The number of alkyl halides is 4. The van der Waals surface area contributed by atoms with Crippen molar-refractivity contribution in [2.75, 3.05) is 60.2 Å². The van der Waals surface area contributed by atoms with Gasteiger partial charge in [-0.05, 0) is 24.3 Å². The highest BCUT2D eigenvalue weighted by Gasteiger charge is 2.11. The second-order valence-corrected chi connectivity index (χ2v) is 6.33. The Balaban J connectivity index is 0.000000351. The minimum Gasteiger partial charge on any atom is -0.491 e. The summed E-state index contributed by atoms with van der Waals surface area (Å²) in [5, 5.41) is 8.83. The van der Waals surface area contributed by atoms with Crippen molar-refractivity contribution >= 4 is 11.9 Å². The fourth-order valence-electron chi connectivity index (χ4n) is 2.46. The maximum absolute atomic E-state index is 12.0. The molecule has 0 heterocycles. The van der Waals surface area contributed by atoms with Gasteiger partial charge in [-0.15, -0.1) is 0 Å². The number of ether oxygens (including phenoxy) is 5. The molecule has 0 saturated carbocycles. The maximum Gasteiger partial charge on any atom is 0.338 e. The van der Waals surface area contributed by atoms with Crippen LogP contribution in [-0.4, -0.2) is 77.3 Å². The van der Waals surface area contributed by atoms with E-state index in [4.69, 9.17) is 24.1 Å². The van der Waals surface area contributed by atoms with E-state index >= 15 is 0 Å². The van der Waals surface area contributed by atoms with E-state index in [1.54, 1.807) is 0 Å². The molecule has 0 aliphatic carbocycles. The van der Waals surface area contributed by atoms with Crippen LogP contribution in [0.5, 0.6) is 23.0 Å². The number of esters is 1. The van der Waals surface area contributed by atoms with E-state index in [0.29, 0.717) is 0 Å². The number of methoxy groups -OCH3 is 1. The van der Waals surface area contributed by atoms with Crippen molar-refractivity contribution in [2.24, 2.45) is 0 Å². The van der Waals surface area contributed by atoms with Crippen LogP contribution in [0.4, 0.5) is 17.6 Å². The summed E-state index contributed by atoms with van der Waals surface area (Å²) in [5.41, 5.74) is 0.137. The van der Waals surface area contributed by atoms with Gasteiger partial charge in [0.05, 0.1) is 18.2 Å². The van der Waals surface area contributed by atoms with Gasteiger partial charge in [0.25, 0.3) is 0 Å². The third-order valence-electron chi connectivity index (χ3n) is 3.81. The monoisotopic (exact) mass is 506 g/mol. The molecule has 0 aliphatic rings.